The van der Waals surface area contributed by atoms with Crippen LogP contribution in [0.15, 0.2) is 121 Å². The second-order valence-corrected chi connectivity index (χ2v) is 12.5. The van der Waals surface area contributed by atoms with E-state index in [-0.39, 0.29) is 0 Å². The standard InChI is InChI=1S/C38H20N2S2/c39-21-23-7-5-8-24(17-23)31-19-26(27-11-6-12-30-28-9-1-4-14-36(28)42-38(27)30)20-32(34(31)22-40)25-15-16-37-33(18-25)29-10-2-3-13-35(29)41-37/h1-20H. The van der Waals surface area contributed by atoms with Gasteiger partial charge in [0.05, 0.1) is 17.2 Å². The third kappa shape index (κ3) is 3.82. The number of rotatable bonds is 3. The van der Waals surface area contributed by atoms with Crippen molar-refractivity contribution in [1.29, 1.82) is 10.5 Å². The van der Waals surface area contributed by atoms with Gasteiger partial charge < -0.3 is 0 Å². The minimum absolute atomic E-state index is 0.570. The molecule has 0 radical (unpaired) electrons. The average molecular weight is 569 g/mol. The van der Waals surface area contributed by atoms with E-state index in [4.69, 9.17) is 0 Å². The summed E-state index contributed by atoms with van der Waals surface area (Å²) in [6.07, 6.45) is 0. The first kappa shape index (κ1) is 24.5. The van der Waals surface area contributed by atoms with Gasteiger partial charge >= 0.3 is 0 Å². The molecular formula is C38H20N2S2. The van der Waals surface area contributed by atoms with Crippen molar-refractivity contribution in [3.63, 3.8) is 0 Å². The molecule has 0 saturated carbocycles. The molecule has 4 heteroatoms. The van der Waals surface area contributed by atoms with E-state index in [9.17, 15) is 10.5 Å². The van der Waals surface area contributed by atoms with Crippen LogP contribution in [-0.2, 0) is 0 Å². The normalized spacial score (nSPS) is 11.3. The Balaban J connectivity index is 1.45. The SMILES string of the molecule is N#Cc1cccc(-c2cc(-c3cccc4c3sc3ccccc34)cc(-c3ccc4sc5ccccc5c4c3)c2C#N)c1. The molecule has 0 saturated heterocycles. The van der Waals surface area contributed by atoms with Gasteiger partial charge in [0.15, 0.2) is 0 Å². The van der Waals surface area contributed by atoms with Crippen LogP contribution in [0.25, 0.3) is 73.7 Å². The lowest BCUT2D eigenvalue weighted by Crippen LogP contribution is -1.93. The first-order chi connectivity index (χ1) is 20.7. The molecule has 42 heavy (non-hydrogen) atoms. The van der Waals surface area contributed by atoms with Crippen LogP contribution in [0, 0.1) is 22.7 Å². The van der Waals surface area contributed by atoms with Gasteiger partial charge in [-0.15, -0.1) is 22.7 Å². The molecule has 0 amide bonds. The Kier molecular flexibility index (Phi) is 5.66. The van der Waals surface area contributed by atoms with Crippen LogP contribution < -0.4 is 0 Å². The zero-order valence-electron chi connectivity index (χ0n) is 22.3. The highest BCUT2D eigenvalue weighted by atomic mass is 32.1. The molecule has 8 rings (SSSR count). The number of fused-ring (bicyclic) bond motifs is 6. The fourth-order valence-electron chi connectivity index (χ4n) is 6.00. The molecule has 194 valence electrons. The third-order valence-electron chi connectivity index (χ3n) is 7.96. The number of nitriles is 2. The number of nitrogens with zero attached hydrogens (tertiary/aromatic N) is 2. The maximum Gasteiger partial charge on any atom is 0.100 e. The van der Waals surface area contributed by atoms with Crippen LogP contribution in [-0.4, -0.2) is 0 Å². The van der Waals surface area contributed by atoms with Gasteiger partial charge in [-0.25, -0.2) is 0 Å². The van der Waals surface area contributed by atoms with E-state index in [1.807, 2.05) is 18.2 Å². The fraction of sp³-hybridized carbons (Fsp3) is 0. The van der Waals surface area contributed by atoms with Crippen molar-refractivity contribution < 1.29 is 0 Å². The first-order valence-electron chi connectivity index (χ1n) is 13.6. The van der Waals surface area contributed by atoms with Crippen LogP contribution in [0.1, 0.15) is 11.1 Å². The highest BCUT2D eigenvalue weighted by molar-refractivity contribution is 7.26. The molecule has 0 atom stereocenters. The summed E-state index contributed by atoms with van der Waals surface area (Å²) < 4.78 is 4.96. The van der Waals surface area contributed by atoms with Crippen molar-refractivity contribution in [2.75, 3.05) is 0 Å². The molecule has 0 aliphatic heterocycles. The Hall–Kier alpha value is -5.26. The fourth-order valence-corrected chi connectivity index (χ4v) is 8.32. The smallest absolute Gasteiger partial charge is 0.100 e. The van der Waals surface area contributed by atoms with Gasteiger partial charge in [-0.1, -0.05) is 72.8 Å². The molecule has 6 aromatic carbocycles. The van der Waals surface area contributed by atoms with Gasteiger partial charge in [-0.2, -0.15) is 10.5 Å². The van der Waals surface area contributed by atoms with Crippen LogP contribution in [0.5, 0.6) is 0 Å². The number of thiophene rings is 2. The van der Waals surface area contributed by atoms with E-state index in [1.54, 1.807) is 28.7 Å². The molecule has 0 aliphatic rings. The lowest BCUT2D eigenvalue weighted by Gasteiger charge is -2.15. The minimum Gasteiger partial charge on any atom is -0.192 e. The van der Waals surface area contributed by atoms with Gasteiger partial charge in [0.25, 0.3) is 0 Å². The second-order valence-electron chi connectivity index (χ2n) is 10.3. The van der Waals surface area contributed by atoms with Crippen molar-refractivity contribution in [2.24, 2.45) is 0 Å². The van der Waals surface area contributed by atoms with Crippen molar-refractivity contribution in [2.45, 2.75) is 0 Å². The second kappa shape index (κ2) is 9.68. The Labute approximate surface area is 250 Å². The third-order valence-corrected chi connectivity index (χ3v) is 10.3. The molecule has 2 heterocycles. The predicted octanol–water partition coefficient (Wildman–Crippen LogP) is 11.2. The summed E-state index contributed by atoms with van der Waals surface area (Å²) in [5.41, 5.74) is 6.95. The van der Waals surface area contributed by atoms with Gasteiger partial charge in [-0.05, 0) is 70.8 Å². The maximum atomic E-state index is 10.6. The van der Waals surface area contributed by atoms with Crippen molar-refractivity contribution in [3.8, 4) is 45.5 Å². The van der Waals surface area contributed by atoms with Gasteiger partial charge in [0.2, 0.25) is 0 Å². The maximum absolute atomic E-state index is 10.6. The largest absolute Gasteiger partial charge is 0.192 e. The van der Waals surface area contributed by atoms with Crippen molar-refractivity contribution >= 4 is 63.0 Å². The quantitative estimate of drug-likeness (QED) is 0.213. The highest BCUT2D eigenvalue weighted by Crippen LogP contribution is 2.44. The van der Waals surface area contributed by atoms with Crippen LogP contribution >= 0.6 is 22.7 Å². The number of benzene rings is 6. The summed E-state index contributed by atoms with van der Waals surface area (Å²) in [5.74, 6) is 0. The topological polar surface area (TPSA) is 47.6 Å². The summed E-state index contributed by atoms with van der Waals surface area (Å²) in [6, 6.07) is 46.7. The lowest BCUT2D eigenvalue weighted by atomic mass is 9.87. The van der Waals surface area contributed by atoms with Gasteiger partial charge in [0.1, 0.15) is 6.07 Å². The minimum atomic E-state index is 0.570. The molecule has 2 nitrogen and oxygen atoms in total. The Morgan fingerprint density at radius 2 is 1.07 bits per heavy atom. The molecule has 0 bridgehead atoms. The number of hydrogen-bond acceptors (Lipinski definition) is 4. The molecule has 0 fully saturated rings. The molecule has 0 spiro atoms. The van der Waals surface area contributed by atoms with E-state index in [1.165, 1.54) is 40.3 Å². The first-order valence-corrected chi connectivity index (χ1v) is 15.3. The summed E-state index contributed by atoms with van der Waals surface area (Å²) in [7, 11) is 0. The van der Waals surface area contributed by atoms with E-state index in [2.05, 4.69) is 109 Å². The zero-order chi connectivity index (χ0) is 28.2. The van der Waals surface area contributed by atoms with Crippen LogP contribution in [0.3, 0.4) is 0 Å². The predicted molar refractivity (Wildman–Crippen MR) is 178 cm³/mol. The monoisotopic (exact) mass is 568 g/mol. The van der Waals surface area contributed by atoms with Crippen molar-refractivity contribution in [1.82, 2.24) is 0 Å². The molecule has 0 aliphatic carbocycles. The van der Waals surface area contributed by atoms with E-state index in [0.717, 1.165) is 33.4 Å². The summed E-state index contributed by atoms with van der Waals surface area (Å²) in [5, 5.41) is 25.2. The Bertz CT molecular complexity index is 2450. The van der Waals surface area contributed by atoms with Gasteiger partial charge in [-0.3, -0.25) is 0 Å². The van der Waals surface area contributed by atoms with Crippen molar-refractivity contribution in [3.05, 3.63) is 132 Å². The number of hydrogen-bond donors (Lipinski definition) is 0. The molecule has 0 N–H and O–H groups in total. The summed E-state index contributed by atoms with van der Waals surface area (Å²) in [6.45, 7) is 0. The molecular weight excluding hydrogens is 549 g/mol. The molecule has 2 aromatic heterocycles. The van der Waals surface area contributed by atoms with Gasteiger partial charge in [0, 0.05) is 51.5 Å². The molecule has 8 aromatic rings. The Morgan fingerprint density at radius 1 is 0.429 bits per heavy atom. The Morgan fingerprint density at radius 3 is 1.83 bits per heavy atom. The van der Waals surface area contributed by atoms with Crippen LogP contribution in [0.2, 0.25) is 0 Å². The highest BCUT2D eigenvalue weighted by Gasteiger charge is 2.19. The average Bonchev–Trinajstić information content (AvgIpc) is 3.62. The molecule has 0 unspecified atom stereocenters. The van der Waals surface area contributed by atoms with E-state index >= 15 is 0 Å². The lowest BCUT2D eigenvalue weighted by molar-refractivity contribution is 1.46. The van der Waals surface area contributed by atoms with E-state index in [0.29, 0.717) is 11.1 Å². The summed E-state index contributed by atoms with van der Waals surface area (Å²) in [4.78, 5) is 0. The van der Waals surface area contributed by atoms with Crippen LogP contribution in [0.4, 0.5) is 0 Å². The van der Waals surface area contributed by atoms with E-state index < -0.39 is 0 Å². The summed E-state index contributed by atoms with van der Waals surface area (Å²) >= 11 is 3.59. The zero-order valence-corrected chi connectivity index (χ0v) is 23.9.